The number of aliphatic hydroxyl groups excluding tert-OH is 1. The summed E-state index contributed by atoms with van der Waals surface area (Å²) in [5.41, 5.74) is 0.209. The van der Waals surface area contributed by atoms with Crippen LogP contribution in [0.15, 0.2) is 24.3 Å². The lowest BCUT2D eigenvalue weighted by molar-refractivity contribution is -0.130. The Balaban J connectivity index is 1.49. The van der Waals surface area contributed by atoms with Gasteiger partial charge in [0.25, 0.3) is 5.91 Å². The first-order valence-corrected chi connectivity index (χ1v) is 8.78. The van der Waals surface area contributed by atoms with E-state index in [1.54, 1.807) is 11.8 Å². The van der Waals surface area contributed by atoms with Crippen molar-refractivity contribution in [3.8, 4) is 0 Å². The van der Waals surface area contributed by atoms with Gasteiger partial charge in [-0.05, 0) is 18.2 Å². The monoisotopic (exact) mass is 365 g/mol. The molecular formula is C18H24FN3O4. The highest BCUT2D eigenvalue weighted by Gasteiger charge is 2.38. The van der Waals surface area contributed by atoms with Crippen molar-refractivity contribution < 1.29 is 23.8 Å². The molecule has 7 nitrogen and oxygen atoms in total. The molecule has 142 valence electrons. The van der Waals surface area contributed by atoms with Crippen LogP contribution in [0.5, 0.6) is 0 Å². The van der Waals surface area contributed by atoms with Gasteiger partial charge in [0.05, 0.1) is 18.8 Å². The molecule has 0 aromatic heterocycles. The van der Waals surface area contributed by atoms with Gasteiger partial charge in [0, 0.05) is 45.2 Å². The highest BCUT2D eigenvalue weighted by atomic mass is 19.1. The Morgan fingerprint density at radius 2 is 2.04 bits per heavy atom. The molecule has 3 rings (SSSR count). The van der Waals surface area contributed by atoms with Crippen molar-refractivity contribution in [3.05, 3.63) is 35.6 Å². The molecule has 2 saturated heterocycles. The van der Waals surface area contributed by atoms with Crippen LogP contribution in [0.1, 0.15) is 17.3 Å². The van der Waals surface area contributed by atoms with E-state index in [2.05, 4.69) is 10.2 Å². The molecule has 0 spiro atoms. The number of carbonyl (C=O) groups excluding carboxylic acids is 2. The molecule has 0 radical (unpaired) electrons. The van der Waals surface area contributed by atoms with E-state index in [9.17, 15) is 19.1 Å². The summed E-state index contributed by atoms with van der Waals surface area (Å²) in [6.07, 6.45) is -1.24. The van der Waals surface area contributed by atoms with Crippen LogP contribution in [-0.4, -0.2) is 84.3 Å². The standard InChI is InChI=1S/C18H24FN3O4/c1-12(23)22-7-5-21(6-8-22)10-16-17(24)15(11-26-16)20-18(25)13-3-2-4-14(19)9-13/h2-4,9,15-17,24H,5-8,10-11H2,1H3,(H,20,25)/t15-,16-,17+/m0/s1. The number of carbonyl (C=O) groups is 2. The lowest BCUT2D eigenvalue weighted by atomic mass is 10.1. The summed E-state index contributed by atoms with van der Waals surface area (Å²) >= 11 is 0. The van der Waals surface area contributed by atoms with Crippen LogP contribution in [0, 0.1) is 5.82 Å². The average Bonchev–Trinajstić information content (AvgIpc) is 2.95. The third-order valence-electron chi connectivity index (χ3n) is 4.94. The fourth-order valence-corrected chi connectivity index (χ4v) is 3.35. The van der Waals surface area contributed by atoms with E-state index in [1.165, 1.54) is 18.2 Å². The molecule has 2 aliphatic heterocycles. The Morgan fingerprint density at radius 3 is 2.69 bits per heavy atom. The number of hydrogen-bond donors (Lipinski definition) is 2. The first kappa shape index (κ1) is 18.8. The number of amides is 2. The van der Waals surface area contributed by atoms with Gasteiger partial charge in [-0.25, -0.2) is 4.39 Å². The zero-order chi connectivity index (χ0) is 18.7. The zero-order valence-electron chi connectivity index (χ0n) is 14.7. The number of halogens is 1. The Labute approximate surface area is 151 Å². The summed E-state index contributed by atoms with van der Waals surface area (Å²) in [4.78, 5) is 27.5. The van der Waals surface area contributed by atoms with E-state index in [-0.39, 0.29) is 18.1 Å². The van der Waals surface area contributed by atoms with Gasteiger partial charge in [-0.15, -0.1) is 0 Å². The Kier molecular flexibility index (Phi) is 5.85. The van der Waals surface area contributed by atoms with E-state index >= 15 is 0 Å². The molecule has 0 bridgehead atoms. The maximum Gasteiger partial charge on any atom is 0.251 e. The van der Waals surface area contributed by atoms with E-state index in [4.69, 9.17) is 4.74 Å². The minimum Gasteiger partial charge on any atom is -0.388 e. The molecule has 0 saturated carbocycles. The second-order valence-electron chi connectivity index (χ2n) is 6.76. The largest absolute Gasteiger partial charge is 0.388 e. The fourth-order valence-electron chi connectivity index (χ4n) is 3.35. The number of hydrogen-bond acceptors (Lipinski definition) is 5. The van der Waals surface area contributed by atoms with Crippen LogP contribution in [0.3, 0.4) is 0 Å². The van der Waals surface area contributed by atoms with Crippen LogP contribution in [0.4, 0.5) is 4.39 Å². The third-order valence-corrected chi connectivity index (χ3v) is 4.94. The topological polar surface area (TPSA) is 82.1 Å². The second-order valence-corrected chi connectivity index (χ2v) is 6.76. The van der Waals surface area contributed by atoms with Gasteiger partial charge in [0.1, 0.15) is 11.9 Å². The third kappa shape index (κ3) is 4.38. The summed E-state index contributed by atoms with van der Waals surface area (Å²) in [5, 5.41) is 13.2. The number of aliphatic hydroxyl groups is 1. The predicted molar refractivity (Wildman–Crippen MR) is 92.1 cm³/mol. The van der Waals surface area contributed by atoms with Gasteiger partial charge in [-0.3, -0.25) is 14.5 Å². The van der Waals surface area contributed by atoms with Gasteiger partial charge >= 0.3 is 0 Å². The molecule has 2 amide bonds. The molecule has 8 heteroatoms. The maximum atomic E-state index is 13.2. The molecule has 26 heavy (non-hydrogen) atoms. The maximum absolute atomic E-state index is 13.2. The van der Waals surface area contributed by atoms with Crippen LogP contribution in [0.25, 0.3) is 0 Å². The van der Waals surface area contributed by atoms with Crippen molar-refractivity contribution in [2.24, 2.45) is 0 Å². The number of piperazine rings is 1. The smallest absolute Gasteiger partial charge is 0.251 e. The zero-order valence-corrected chi connectivity index (χ0v) is 14.7. The van der Waals surface area contributed by atoms with Gasteiger partial charge in [0.15, 0.2) is 0 Å². The molecular weight excluding hydrogens is 341 g/mol. The Morgan fingerprint density at radius 1 is 1.31 bits per heavy atom. The first-order chi connectivity index (χ1) is 12.4. The van der Waals surface area contributed by atoms with Gasteiger partial charge in [-0.2, -0.15) is 0 Å². The summed E-state index contributed by atoms with van der Waals surface area (Å²) in [7, 11) is 0. The van der Waals surface area contributed by atoms with Gasteiger partial charge in [0.2, 0.25) is 5.91 Å². The van der Waals surface area contributed by atoms with Crippen LogP contribution < -0.4 is 5.32 Å². The van der Waals surface area contributed by atoms with Crippen molar-refractivity contribution >= 4 is 11.8 Å². The quantitative estimate of drug-likeness (QED) is 0.775. The molecule has 1 aromatic rings. The number of ether oxygens (including phenoxy) is 1. The highest BCUT2D eigenvalue weighted by Crippen LogP contribution is 2.17. The summed E-state index contributed by atoms with van der Waals surface area (Å²) < 4.78 is 18.9. The van der Waals surface area contributed by atoms with E-state index < -0.39 is 30.0 Å². The van der Waals surface area contributed by atoms with Crippen molar-refractivity contribution in [1.29, 1.82) is 0 Å². The van der Waals surface area contributed by atoms with Crippen LogP contribution >= 0.6 is 0 Å². The summed E-state index contributed by atoms with van der Waals surface area (Å²) in [6.45, 7) is 5.10. The van der Waals surface area contributed by atoms with Crippen molar-refractivity contribution in [2.45, 2.75) is 25.2 Å². The molecule has 2 N–H and O–H groups in total. The van der Waals surface area contributed by atoms with Crippen molar-refractivity contribution in [1.82, 2.24) is 15.1 Å². The fraction of sp³-hybridized carbons (Fsp3) is 0.556. The normalized spacial score (nSPS) is 26.7. The Hall–Kier alpha value is -2.03. The lowest BCUT2D eigenvalue weighted by Gasteiger charge is -2.35. The van der Waals surface area contributed by atoms with Crippen molar-refractivity contribution in [2.75, 3.05) is 39.3 Å². The second kappa shape index (κ2) is 8.11. The summed E-state index contributed by atoms with van der Waals surface area (Å²) in [5.74, 6) is -0.849. The number of nitrogens with one attached hydrogen (secondary N) is 1. The number of nitrogens with zero attached hydrogens (tertiary/aromatic N) is 2. The minimum absolute atomic E-state index is 0.0712. The first-order valence-electron chi connectivity index (χ1n) is 8.78. The summed E-state index contributed by atoms with van der Waals surface area (Å²) in [6, 6.07) is 4.88. The molecule has 3 atom stereocenters. The molecule has 2 heterocycles. The SMILES string of the molecule is CC(=O)N1CCN(C[C@@H]2OC[C@H](NC(=O)c3cccc(F)c3)[C@H]2O)CC1. The van der Waals surface area contributed by atoms with Crippen LogP contribution in [0.2, 0.25) is 0 Å². The van der Waals surface area contributed by atoms with E-state index in [0.29, 0.717) is 19.6 Å². The predicted octanol–water partition coefficient (Wildman–Crippen LogP) is -0.152. The van der Waals surface area contributed by atoms with Gasteiger partial charge in [-0.1, -0.05) is 6.07 Å². The van der Waals surface area contributed by atoms with E-state index in [0.717, 1.165) is 19.2 Å². The number of rotatable bonds is 4. The minimum atomic E-state index is -0.835. The van der Waals surface area contributed by atoms with Crippen molar-refractivity contribution in [3.63, 3.8) is 0 Å². The molecule has 2 aliphatic rings. The number of benzene rings is 1. The molecule has 2 fully saturated rings. The molecule has 0 unspecified atom stereocenters. The Bertz CT molecular complexity index is 664. The average molecular weight is 365 g/mol. The highest BCUT2D eigenvalue weighted by molar-refractivity contribution is 5.94. The van der Waals surface area contributed by atoms with Gasteiger partial charge < -0.3 is 20.1 Å². The lowest BCUT2D eigenvalue weighted by Crippen LogP contribution is -2.52. The van der Waals surface area contributed by atoms with E-state index in [1.807, 2.05) is 0 Å². The molecule has 1 aromatic carbocycles. The van der Waals surface area contributed by atoms with Crippen LogP contribution in [-0.2, 0) is 9.53 Å². The molecule has 0 aliphatic carbocycles.